The first kappa shape index (κ1) is 20.8. The summed E-state index contributed by atoms with van der Waals surface area (Å²) in [6.45, 7) is 6.44. The minimum Gasteiger partial charge on any atom is -0.351 e. The van der Waals surface area contributed by atoms with Crippen LogP contribution in [0.1, 0.15) is 60.6 Å². The van der Waals surface area contributed by atoms with Crippen LogP contribution < -0.4 is 10.2 Å². The standard InChI is InChI=1S/C27H31N3O2/c1-18-13-14-22(15-19(18)2)30-25(31)24-16-20-9-7-8-12-23(20)29(24)17-27(30,3)26(32)28-21-10-5-4-6-11-21/h7-9,12-16,21H,4-6,10-11,17H2,1-3H3,(H,28,32)/t27-/m1/s1. The van der Waals surface area contributed by atoms with E-state index >= 15 is 0 Å². The summed E-state index contributed by atoms with van der Waals surface area (Å²) >= 11 is 0. The van der Waals surface area contributed by atoms with Crippen LogP contribution in [0.4, 0.5) is 5.69 Å². The molecule has 5 heteroatoms. The first-order valence-corrected chi connectivity index (χ1v) is 11.7. The number of nitrogens with one attached hydrogen (secondary N) is 1. The zero-order valence-electron chi connectivity index (χ0n) is 19.1. The van der Waals surface area contributed by atoms with Crippen molar-refractivity contribution in [2.75, 3.05) is 4.90 Å². The van der Waals surface area contributed by atoms with Gasteiger partial charge in [-0.25, -0.2) is 0 Å². The fourth-order valence-electron chi connectivity index (χ4n) is 5.30. The largest absolute Gasteiger partial charge is 0.351 e. The number of rotatable bonds is 3. The minimum absolute atomic E-state index is 0.0700. The summed E-state index contributed by atoms with van der Waals surface area (Å²) in [6.07, 6.45) is 5.55. The average Bonchev–Trinajstić information content (AvgIpc) is 3.15. The summed E-state index contributed by atoms with van der Waals surface area (Å²) in [4.78, 5) is 29.5. The van der Waals surface area contributed by atoms with Crippen molar-refractivity contribution in [2.45, 2.75) is 71.0 Å². The van der Waals surface area contributed by atoms with E-state index in [0.29, 0.717) is 12.2 Å². The van der Waals surface area contributed by atoms with E-state index in [2.05, 4.69) is 12.2 Å². The van der Waals surface area contributed by atoms with Crippen molar-refractivity contribution in [2.24, 2.45) is 0 Å². The van der Waals surface area contributed by atoms with Gasteiger partial charge in [0.25, 0.3) is 5.91 Å². The molecule has 166 valence electrons. The maximum atomic E-state index is 13.9. The van der Waals surface area contributed by atoms with Crippen LogP contribution >= 0.6 is 0 Å². The number of hydrogen-bond donors (Lipinski definition) is 1. The Labute approximate surface area is 189 Å². The van der Waals surface area contributed by atoms with Gasteiger partial charge in [-0.1, -0.05) is 43.5 Å². The molecule has 2 heterocycles. The van der Waals surface area contributed by atoms with E-state index in [1.807, 2.05) is 66.9 Å². The van der Waals surface area contributed by atoms with Gasteiger partial charge in [-0.2, -0.15) is 0 Å². The van der Waals surface area contributed by atoms with Crippen LogP contribution in [0.3, 0.4) is 0 Å². The fraction of sp³-hybridized carbons (Fsp3) is 0.407. The van der Waals surface area contributed by atoms with E-state index in [-0.39, 0.29) is 17.9 Å². The van der Waals surface area contributed by atoms with Crippen molar-refractivity contribution in [3.63, 3.8) is 0 Å². The number of amides is 2. The number of carbonyl (C=O) groups is 2. The van der Waals surface area contributed by atoms with Crippen molar-refractivity contribution in [3.05, 3.63) is 65.4 Å². The predicted molar refractivity (Wildman–Crippen MR) is 128 cm³/mol. The Bertz CT molecular complexity index is 1200. The number of nitrogens with zero attached hydrogens (tertiary/aromatic N) is 2. The predicted octanol–water partition coefficient (Wildman–Crippen LogP) is 5.13. The molecule has 1 aliphatic heterocycles. The van der Waals surface area contributed by atoms with Crippen LogP contribution in [0.5, 0.6) is 0 Å². The molecule has 2 aliphatic rings. The lowest BCUT2D eigenvalue weighted by Crippen LogP contribution is -2.65. The van der Waals surface area contributed by atoms with Gasteiger partial charge < -0.3 is 9.88 Å². The normalized spacial score (nSPS) is 21.6. The number of aryl methyl sites for hydroxylation is 2. The third-order valence-corrected chi connectivity index (χ3v) is 7.37. The van der Waals surface area contributed by atoms with Gasteiger partial charge in [0, 0.05) is 22.6 Å². The Kier molecular flexibility index (Phi) is 5.07. The lowest BCUT2D eigenvalue weighted by Gasteiger charge is -2.45. The third-order valence-electron chi connectivity index (χ3n) is 7.37. The molecule has 0 bridgehead atoms. The highest BCUT2D eigenvalue weighted by Gasteiger charge is 2.49. The summed E-state index contributed by atoms with van der Waals surface area (Å²) in [6, 6.07) is 16.2. The SMILES string of the molecule is Cc1ccc(N2C(=O)c3cc4ccccc4n3C[C@]2(C)C(=O)NC2CCCCC2)cc1C. The van der Waals surface area contributed by atoms with Gasteiger partial charge in [0.15, 0.2) is 0 Å². The molecule has 5 nitrogen and oxygen atoms in total. The van der Waals surface area contributed by atoms with Gasteiger partial charge in [-0.15, -0.1) is 0 Å². The van der Waals surface area contributed by atoms with Crippen LogP contribution in [-0.4, -0.2) is 28.0 Å². The van der Waals surface area contributed by atoms with Crippen molar-refractivity contribution in [1.29, 1.82) is 0 Å². The van der Waals surface area contributed by atoms with Gasteiger partial charge >= 0.3 is 0 Å². The Hall–Kier alpha value is -3.08. The van der Waals surface area contributed by atoms with Gasteiger partial charge in [-0.3, -0.25) is 14.5 Å². The van der Waals surface area contributed by atoms with Crippen molar-refractivity contribution >= 4 is 28.4 Å². The molecule has 2 aromatic carbocycles. The molecule has 0 spiro atoms. The molecule has 5 rings (SSSR count). The van der Waals surface area contributed by atoms with E-state index in [1.54, 1.807) is 4.90 Å². The van der Waals surface area contributed by atoms with Crippen molar-refractivity contribution < 1.29 is 9.59 Å². The van der Waals surface area contributed by atoms with E-state index in [9.17, 15) is 9.59 Å². The van der Waals surface area contributed by atoms with Gasteiger partial charge in [0.1, 0.15) is 11.2 Å². The van der Waals surface area contributed by atoms with Crippen LogP contribution in [0.25, 0.3) is 10.9 Å². The number of hydrogen-bond acceptors (Lipinski definition) is 2. The zero-order valence-corrected chi connectivity index (χ0v) is 19.1. The third kappa shape index (κ3) is 3.31. The average molecular weight is 430 g/mol. The Balaban J connectivity index is 1.62. The Morgan fingerprint density at radius 1 is 1.00 bits per heavy atom. The van der Waals surface area contributed by atoms with E-state index in [4.69, 9.17) is 0 Å². The van der Waals surface area contributed by atoms with E-state index in [0.717, 1.165) is 47.8 Å². The summed E-state index contributed by atoms with van der Waals surface area (Å²) in [5.74, 6) is -0.198. The molecule has 0 radical (unpaired) electrons. The smallest absolute Gasteiger partial charge is 0.275 e. The van der Waals surface area contributed by atoms with Crippen LogP contribution in [0, 0.1) is 13.8 Å². The summed E-state index contributed by atoms with van der Waals surface area (Å²) < 4.78 is 2.02. The van der Waals surface area contributed by atoms with Crippen molar-refractivity contribution in [3.8, 4) is 0 Å². The molecule has 32 heavy (non-hydrogen) atoms. The van der Waals surface area contributed by atoms with Crippen LogP contribution in [0.2, 0.25) is 0 Å². The highest BCUT2D eigenvalue weighted by Crippen LogP contribution is 2.36. The lowest BCUT2D eigenvalue weighted by atomic mass is 9.90. The maximum absolute atomic E-state index is 13.9. The van der Waals surface area contributed by atoms with Gasteiger partial charge in [0.2, 0.25) is 5.91 Å². The number of para-hydroxylation sites is 1. The highest BCUT2D eigenvalue weighted by atomic mass is 16.2. The van der Waals surface area contributed by atoms with Crippen LogP contribution in [0.15, 0.2) is 48.5 Å². The number of aromatic nitrogens is 1. The Morgan fingerprint density at radius 3 is 2.50 bits per heavy atom. The van der Waals surface area contributed by atoms with E-state index < -0.39 is 5.54 Å². The maximum Gasteiger partial charge on any atom is 0.275 e. The summed E-state index contributed by atoms with van der Waals surface area (Å²) in [7, 11) is 0. The summed E-state index contributed by atoms with van der Waals surface area (Å²) in [5.41, 5.74) is 3.65. The highest BCUT2D eigenvalue weighted by molar-refractivity contribution is 6.14. The molecule has 1 atom stereocenters. The molecule has 1 aliphatic carbocycles. The second kappa shape index (κ2) is 7.80. The second-order valence-corrected chi connectivity index (χ2v) is 9.67. The minimum atomic E-state index is -1.02. The first-order valence-electron chi connectivity index (χ1n) is 11.7. The molecule has 1 aromatic heterocycles. The quantitative estimate of drug-likeness (QED) is 0.628. The number of fused-ring (bicyclic) bond motifs is 3. The molecular formula is C27H31N3O2. The monoisotopic (exact) mass is 429 g/mol. The Morgan fingerprint density at radius 2 is 1.75 bits per heavy atom. The number of benzene rings is 2. The van der Waals surface area contributed by atoms with E-state index in [1.165, 1.54) is 12.0 Å². The van der Waals surface area contributed by atoms with Gasteiger partial charge in [0.05, 0.1) is 6.54 Å². The topological polar surface area (TPSA) is 54.3 Å². The first-order chi connectivity index (χ1) is 15.4. The zero-order chi connectivity index (χ0) is 22.5. The fourth-order valence-corrected chi connectivity index (χ4v) is 5.30. The molecule has 0 saturated heterocycles. The molecule has 3 aromatic rings. The second-order valence-electron chi connectivity index (χ2n) is 9.67. The summed E-state index contributed by atoms with van der Waals surface area (Å²) in [5, 5.41) is 4.32. The molecular weight excluding hydrogens is 398 g/mol. The van der Waals surface area contributed by atoms with Crippen molar-refractivity contribution in [1.82, 2.24) is 9.88 Å². The number of anilines is 1. The molecule has 1 fully saturated rings. The molecule has 0 unspecified atom stereocenters. The molecule has 1 saturated carbocycles. The molecule has 2 amide bonds. The number of carbonyl (C=O) groups excluding carboxylic acids is 2. The van der Waals surface area contributed by atoms with Crippen LogP contribution in [-0.2, 0) is 11.3 Å². The van der Waals surface area contributed by atoms with Gasteiger partial charge in [-0.05, 0) is 69.0 Å². The lowest BCUT2D eigenvalue weighted by molar-refractivity contribution is -0.127. The molecule has 1 N–H and O–H groups in total.